The fraction of sp³-hybridized carbons (Fsp3) is 0.556. The molecule has 14 heavy (non-hydrogen) atoms. The van der Waals surface area contributed by atoms with Gasteiger partial charge in [0, 0.05) is 19.3 Å². The number of nitrogen functional groups attached to an aromatic ring is 1. The molecular weight excluding hydrogens is 178 g/mol. The smallest absolute Gasteiger partial charge is 0.239 e. The molecule has 2 heterocycles. The van der Waals surface area contributed by atoms with Gasteiger partial charge in [0.1, 0.15) is 5.82 Å². The summed E-state index contributed by atoms with van der Waals surface area (Å²) in [5.74, 6) is 6.64. The summed E-state index contributed by atoms with van der Waals surface area (Å²) < 4.78 is 0. The fourth-order valence-corrected chi connectivity index (χ4v) is 1.74. The highest BCUT2D eigenvalue weighted by molar-refractivity contribution is 5.45. The molecule has 5 heteroatoms. The zero-order chi connectivity index (χ0) is 10.2. The standard InChI is InChI=1S/C9H15N5/c1-9(2)5-14(6-9)7-3-4-11-8(12-7)13-10/h3-4H,5-6,10H2,1-2H3,(H,11,12,13). The van der Waals surface area contributed by atoms with Gasteiger partial charge in [-0.25, -0.2) is 10.8 Å². The van der Waals surface area contributed by atoms with Crippen LogP contribution in [-0.4, -0.2) is 23.1 Å². The van der Waals surface area contributed by atoms with E-state index in [2.05, 4.69) is 34.1 Å². The average molecular weight is 193 g/mol. The number of rotatable bonds is 2. The summed E-state index contributed by atoms with van der Waals surface area (Å²) >= 11 is 0. The van der Waals surface area contributed by atoms with Crippen molar-refractivity contribution >= 4 is 11.8 Å². The van der Waals surface area contributed by atoms with Crippen molar-refractivity contribution in [1.29, 1.82) is 0 Å². The zero-order valence-electron chi connectivity index (χ0n) is 8.49. The SMILES string of the molecule is CC1(C)CN(c2ccnc(NN)n2)C1. The average Bonchev–Trinajstić information content (AvgIpc) is 2.14. The molecule has 2 rings (SSSR count). The van der Waals surface area contributed by atoms with Crippen LogP contribution in [0.5, 0.6) is 0 Å². The molecular formula is C9H15N5. The molecule has 0 radical (unpaired) electrons. The Hall–Kier alpha value is -1.36. The van der Waals surface area contributed by atoms with Gasteiger partial charge in [0.05, 0.1) is 0 Å². The third kappa shape index (κ3) is 1.63. The van der Waals surface area contributed by atoms with Crippen LogP contribution in [-0.2, 0) is 0 Å². The maximum Gasteiger partial charge on any atom is 0.239 e. The molecule has 0 unspecified atom stereocenters. The Morgan fingerprint density at radius 2 is 2.21 bits per heavy atom. The zero-order valence-corrected chi connectivity index (χ0v) is 8.49. The number of nitrogens with two attached hydrogens (primary N) is 1. The lowest BCUT2D eigenvalue weighted by atomic mass is 9.84. The summed E-state index contributed by atoms with van der Waals surface area (Å²) in [5.41, 5.74) is 2.85. The molecule has 5 nitrogen and oxygen atoms in total. The third-order valence-corrected chi connectivity index (χ3v) is 2.33. The molecule has 3 N–H and O–H groups in total. The molecule has 0 amide bonds. The van der Waals surface area contributed by atoms with Crippen molar-refractivity contribution in [2.24, 2.45) is 11.3 Å². The molecule has 1 aromatic heterocycles. The lowest BCUT2D eigenvalue weighted by Gasteiger charge is -2.46. The highest BCUT2D eigenvalue weighted by atomic mass is 15.3. The van der Waals surface area contributed by atoms with Gasteiger partial charge < -0.3 is 4.90 Å². The summed E-state index contributed by atoms with van der Waals surface area (Å²) in [6.45, 7) is 6.56. The Morgan fingerprint density at radius 3 is 2.79 bits per heavy atom. The molecule has 0 bridgehead atoms. The minimum absolute atomic E-state index is 0.404. The van der Waals surface area contributed by atoms with Crippen molar-refractivity contribution in [3.05, 3.63) is 12.3 Å². The quantitative estimate of drug-likeness (QED) is 0.532. The second kappa shape index (κ2) is 3.09. The van der Waals surface area contributed by atoms with E-state index in [0.29, 0.717) is 11.4 Å². The Bertz CT molecular complexity index is 328. The van der Waals surface area contributed by atoms with E-state index < -0.39 is 0 Å². The predicted octanol–water partition coefficient (Wildman–Crippen LogP) is 0.608. The number of anilines is 2. The van der Waals surface area contributed by atoms with Gasteiger partial charge >= 0.3 is 0 Å². The van der Waals surface area contributed by atoms with E-state index >= 15 is 0 Å². The number of hydrogen-bond acceptors (Lipinski definition) is 5. The number of hydrogen-bond donors (Lipinski definition) is 2. The van der Waals surface area contributed by atoms with Crippen LogP contribution in [0.1, 0.15) is 13.8 Å². The maximum absolute atomic E-state index is 5.24. The summed E-state index contributed by atoms with van der Waals surface area (Å²) in [6, 6.07) is 1.90. The van der Waals surface area contributed by atoms with Gasteiger partial charge in [-0.2, -0.15) is 4.98 Å². The predicted molar refractivity (Wildman–Crippen MR) is 55.8 cm³/mol. The highest BCUT2D eigenvalue weighted by Crippen LogP contribution is 2.32. The number of hydrazine groups is 1. The first-order chi connectivity index (χ1) is 6.61. The molecule has 0 aliphatic carbocycles. The molecule has 1 aliphatic heterocycles. The minimum atomic E-state index is 0.404. The molecule has 76 valence electrons. The van der Waals surface area contributed by atoms with E-state index in [-0.39, 0.29) is 0 Å². The molecule has 1 fully saturated rings. The van der Waals surface area contributed by atoms with Crippen LogP contribution in [0.15, 0.2) is 12.3 Å². The van der Waals surface area contributed by atoms with E-state index in [1.165, 1.54) is 0 Å². The van der Waals surface area contributed by atoms with E-state index in [0.717, 1.165) is 18.9 Å². The molecule has 1 aromatic rings. The molecule has 1 aliphatic rings. The molecule has 0 spiro atoms. The fourth-order valence-electron chi connectivity index (χ4n) is 1.74. The summed E-state index contributed by atoms with van der Waals surface area (Å²) in [4.78, 5) is 10.4. The Kier molecular flexibility index (Phi) is 2.03. The van der Waals surface area contributed by atoms with Gasteiger partial charge in [0.15, 0.2) is 0 Å². The lowest BCUT2D eigenvalue weighted by Crippen LogP contribution is -2.53. The number of nitrogens with one attached hydrogen (secondary N) is 1. The van der Waals surface area contributed by atoms with Gasteiger partial charge in [-0.3, -0.25) is 5.43 Å². The van der Waals surface area contributed by atoms with Crippen LogP contribution >= 0.6 is 0 Å². The van der Waals surface area contributed by atoms with Gasteiger partial charge in [0.2, 0.25) is 5.95 Å². The minimum Gasteiger partial charge on any atom is -0.355 e. The van der Waals surface area contributed by atoms with Gasteiger partial charge in [-0.15, -0.1) is 0 Å². The normalized spacial score (nSPS) is 18.9. The summed E-state index contributed by atoms with van der Waals surface area (Å²) in [7, 11) is 0. The van der Waals surface area contributed by atoms with E-state index in [1.807, 2.05) is 6.07 Å². The molecule has 0 saturated carbocycles. The second-order valence-corrected chi connectivity index (χ2v) is 4.40. The van der Waals surface area contributed by atoms with Crippen LogP contribution in [0.4, 0.5) is 11.8 Å². The van der Waals surface area contributed by atoms with Crippen LogP contribution in [0, 0.1) is 5.41 Å². The van der Waals surface area contributed by atoms with Crippen molar-refractivity contribution in [3.63, 3.8) is 0 Å². The van der Waals surface area contributed by atoms with Crippen molar-refractivity contribution in [2.75, 3.05) is 23.4 Å². The van der Waals surface area contributed by atoms with Gasteiger partial charge in [-0.1, -0.05) is 13.8 Å². The molecule has 0 atom stereocenters. The van der Waals surface area contributed by atoms with E-state index in [9.17, 15) is 0 Å². The summed E-state index contributed by atoms with van der Waals surface area (Å²) in [5, 5.41) is 0. The largest absolute Gasteiger partial charge is 0.355 e. The lowest BCUT2D eigenvalue weighted by molar-refractivity contribution is 0.274. The van der Waals surface area contributed by atoms with Crippen molar-refractivity contribution in [1.82, 2.24) is 9.97 Å². The van der Waals surface area contributed by atoms with Gasteiger partial charge in [-0.05, 0) is 11.5 Å². The van der Waals surface area contributed by atoms with Crippen LogP contribution in [0.3, 0.4) is 0 Å². The summed E-state index contributed by atoms with van der Waals surface area (Å²) in [6.07, 6.45) is 1.71. The molecule has 1 saturated heterocycles. The Morgan fingerprint density at radius 1 is 1.50 bits per heavy atom. The van der Waals surface area contributed by atoms with E-state index in [4.69, 9.17) is 5.84 Å². The number of aromatic nitrogens is 2. The first-order valence-corrected chi connectivity index (χ1v) is 4.65. The maximum atomic E-state index is 5.24. The van der Waals surface area contributed by atoms with Crippen molar-refractivity contribution in [3.8, 4) is 0 Å². The monoisotopic (exact) mass is 193 g/mol. The molecule has 0 aromatic carbocycles. The van der Waals surface area contributed by atoms with Crippen molar-refractivity contribution in [2.45, 2.75) is 13.8 Å². The van der Waals surface area contributed by atoms with Crippen LogP contribution in [0.2, 0.25) is 0 Å². The topological polar surface area (TPSA) is 67.1 Å². The van der Waals surface area contributed by atoms with E-state index in [1.54, 1.807) is 6.20 Å². The van der Waals surface area contributed by atoms with Crippen LogP contribution in [0.25, 0.3) is 0 Å². The highest BCUT2D eigenvalue weighted by Gasteiger charge is 2.34. The Balaban J connectivity index is 2.11. The second-order valence-electron chi connectivity index (χ2n) is 4.40. The Labute approximate surface area is 83.3 Å². The first-order valence-electron chi connectivity index (χ1n) is 4.65. The third-order valence-electron chi connectivity index (χ3n) is 2.33. The number of nitrogens with zero attached hydrogens (tertiary/aromatic N) is 3. The first kappa shape index (κ1) is 9.21. The van der Waals surface area contributed by atoms with Gasteiger partial charge in [0.25, 0.3) is 0 Å². The van der Waals surface area contributed by atoms with Crippen molar-refractivity contribution < 1.29 is 0 Å². The van der Waals surface area contributed by atoms with Crippen LogP contribution < -0.4 is 16.2 Å².